The summed E-state index contributed by atoms with van der Waals surface area (Å²) in [6.07, 6.45) is 0. The Kier molecular flexibility index (Phi) is 4.61. The largest absolute Gasteiger partial charge is 1.00 e. The second kappa shape index (κ2) is 5.97. The van der Waals surface area contributed by atoms with Crippen molar-refractivity contribution in [2.75, 3.05) is 0 Å². The van der Waals surface area contributed by atoms with E-state index in [1.807, 2.05) is 12.1 Å². The van der Waals surface area contributed by atoms with E-state index in [0.717, 1.165) is 0 Å². The van der Waals surface area contributed by atoms with Crippen LogP contribution in [0.15, 0.2) is 60.7 Å². The minimum Gasteiger partial charge on any atom is -1.00 e. The molecule has 0 bridgehead atoms. The van der Waals surface area contributed by atoms with Crippen molar-refractivity contribution >= 4 is 11.6 Å². The summed E-state index contributed by atoms with van der Waals surface area (Å²) >= 11 is 0. The molecule has 0 atom stereocenters. The van der Waals surface area contributed by atoms with E-state index in [4.69, 9.17) is 0 Å². The minimum absolute atomic E-state index is 0. The molecule has 0 saturated heterocycles. The SMILES string of the molecule is O=C(C(=O)c1ccccc1)c1ccccc1.[Cl-]. The Bertz CT molecular complexity index is 457. The van der Waals surface area contributed by atoms with Gasteiger partial charge in [0, 0.05) is 11.1 Å². The van der Waals surface area contributed by atoms with Gasteiger partial charge >= 0.3 is 0 Å². The van der Waals surface area contributed by atoms with Crippen LogP contribution in [0.2, 0.25) is 0 Å². The summed E-state index contributed by atoms with van der Waals surface area (Å²) in [4.78, 5) is 23.6. The third kappa shape index (κ3) is 3.02. The molecule has 2 rings (SSSR count). The zero-order valence-corrected chi connectivity index (χ0v) is 9.72. The number of hydrogen-bond donors (Lipinski definition) is 0. The molecule has 0 radical (unpaired) electrons. The van der Waals surface area contributed by atoms with Gasteiger partial charge in [0.05, 0.1) is 0 Å². The lowest BCUT2D eigenvalue weighted by Crippen LogP contribution is -3.00. The average molecular weight is 246 g/mol. The third-order valence-corrected chi connectivity index (χ3v) is 2.28. The van der Waals surface area contributed by atoms with Crippen molar-refractivity contribution in [3.05, 3.63) is 71.8 Å². The smallest absolute Gasteiger partial charge is 0.233 e. The van der Waals surface area contributed by atoms with Gasteiger partial charge in [-0.25, -0.2) is 0 Å². The zero-order valence-electron chi connectivity index (χ0n) is 8.97. The Balaban J connectivity index is 0.00000144. The molecule has 2 aromatic rings. The number of carbonyl (C=O) groups is 2. The normalized spacial score (nSPS) is 9.18. The number of ketones is 2. The quantitative estimate of drug-likeness (QED) is 0.552. The first-order chi connectivity index (χ1) is 7.79. The van der Waals surface area contributed by atoms with Crippen LogP contribution in [0.4, 0.5) is 0 Å². The van der Waals surface area contributed by atoms with Gasteiger partial charge in [-0.2, -0.15) is 0 Å². The van der Waals surface area contributed by atoms with Crippen LogP contribution in [0.3, 0.4) is 0 Å². The molecule has 0 heterocycles. The van der Waals surface area contributed by atoms with Gasteiger partial charge in [0.15, 0.2) is 0 Å². The van der Waals surface area contributed by atoms with Crippen molar-refractivity contribution in [2.45, 2.75) is 0 Å². The van der Waals surface area contributed by atoms with Crippen LogP contribution in [-0.4, -0.2) is 11.6 Å². The van der Waals surface area contributed by atoms with E-state index in [9.17, 15) is 9.59 Å². The minimum atomic E-state index is -0.466. The summed E-state index contributed by atoms with van der Waals surface area (Å²) in [5.74, 6) is -0.932. The summed E-state index contributed by atoms with van der Waals surface area (Å²) in [7, 11) is 0. The average Bonchev–Trinajstić information content (AvgIpc) is 2.39. The fraction of sp³-hybridized carbons (Fsp3) is 0. The highest BCUT2D eigenvalue weighted by Gasteiger charge is 2.16. The van der Waals surface area contributed by atoms with Crippen LogP contribution in [-0.2, 0) is 0 Å². The predicted octanol–water partition coefficient (Wildman–Crippen LogP) is -0.244. The summed E-state index contributed by atoms with van der Waals surface area (Å²) in [5.41, 5.74) is 0.854. The number of hydrogen-bond acceptors (Lipinski definition) is 2. The van der Waals surface area contributed by atoms with E-state index in [-0.39, 0.29) is 12.4 Å². The second-order valence-electron chi connectivity index (χ2n) is 3.39. The van der Waals surface area contributed by atoms with E-state index >= 15 is 0 Å². The number of halogens is 1. The van der Waals surface area contributed by atoms with Gasteiger partial charge in [-0.05, 0) is 0 Å². The van der Waals surface area contributed by atoms with Gasteiger partial charge in [0.25, 0.3) is 0 Å². The number of carbonyl (C=O) groups excluding carboxylic acids is 2. The third-order valence-electron chi connectivity index (χ3n) is 2.28. The Morgan fingerprint density at radius 2 is 0.882 bits per heavy atom. The van der Waals surface area contributed by atoms with Gasteiger partial charge in [0.1, 0.15) is 0 Å². The maximum absolute atomic E-state index is 11.8. The number of benzene rings is 2. The summed E-state index contributed by atoms with van der Waals surface area (Å²) in [5, 5.41) is 0. The predicted molar refractivity (Wildman–Crippen MR) is 61.5 cm³/mol. The summed E-state index contributed by atoms with van der Waals surface area (Å²) < 4.78 is 0. The molecule has 0 aliphatic heterocycles. The summed E-state index contributed by atoms with van der Waals surface area (Å²) in [6.45, 7) is 0. The van der Waals surface area contributed by atoms with Crippen molar-refractivity contribution < 1.29 is 22.0 Å². The highest BCUT2D eigenvalue weighted by Crippen LogP contribution is 2.07. The Morgan fingerprint density at radius 3 is 1.18 bits per heavy atom. The lowest BCUT2D eigenvalue weighted by molar-refractivity contribution is -0.0000146. The van der Waals surface area contributed by atoms with Crippen molar-refractivity contribution in [2.24, 2.45) is 0 Å². The molecule has 17 heavy (non-hydrogen) atoms. The van der Waals surface area contributed by atoms with Crippen molar-refractivity contribution in [3.63, 3.8) is 0 Å². The van der Waals surface area contributed by atoms with Crippen molar-refractivity contribution in [1.29, 1.82) is 0 Å². The standard InChI is InChI=1S/C14H10O2.ClH/c15-13(11-7-3-1-4-8-11)14(16)12-9-5-2-6-10-12;/h1-10H;1H/p-1. The molecule has 3 heteroatoms. The van der Waals surface area contributed by atoms with Crippen LogP contribution in [0.5, 0.6) is 0 Å². The Morgan fingerprint density at radius 1 is 0.588 bits per heavy atom. The first kappa shape index (κ1) is 13.1. The molecule has 86 valence electrons. The molecule has 2 nitrogen and oxygen atoms in total. The number of rotatable bonds is 3. The van der Waals surface area contributed by atoms with E-state index in [2.05, 4.69) is 0 Å². The fourth-order valence-corrected chi connectivity index (χ4v) is 1.44. The monoisotopic (exact) mass is 245 g/mol. The maximum Gasteiger partial charge on any atom is 0.233 e. The maximum atomic E-state index is 11.8. The van der Waals surface area contributed by atoms with Crippen LogP contribution in [0.1, 0.15) is 20.7 Å². The Hall–Kier alpha value is -1.93. The van der Waals surface area contributed by atoms with E-state index in [1.54, 1.807) is 48.5 Å². The van der Waals surface area contributed by atoms with Crippen LogP contribution >= 0.6 is 0 Å². The molecule has 2 aromatic carbocycles. The molecule has 0 amide bonds. The van der Waals surface area contributed by atoms with E-state index in [0.29, 0.717) is 11.1 Å². The van der Waals surface area contributed by atoms with E-state index < -0.39 is 11.6 Å². The molecular formula is C14H10ClO2-. The molecule has 0 spiro atoms. The van der Waals surface area contributed by atoms with Gasteiger partial charge < -0.3 is 12.4 Å². The van der Waals surface area contributed by atoms with Gasteiger partial charge in [-0.15, -0.1) is 0 Å². The molecule has 0 N–H and O–H groups in total. The van der Waals surface area contributed by atoms with Crippen molar-refractivity contribution in [1.82, 2.24) is 0 Å². The molecule has 0 aliphatic rings. The lowest BCUT2D eigenvalue weighted by atomic mass is 10.0. The first-order valence-corrected chi connectivity index (χ1v) is 4.98. The van der Waals surface area contributed by atoms with Crippen molar-refractivity contribution in [3.8, 4) is 0 Å². The van der Waals surface area contributed by atoms with E-state index in [1.165, 1.54) is 0 Å². The zero-order chi connectivity index (χ0) is 11.4. The molecule has 0 aromatic heterocycles. The first-order valence-electron chi connectivity index (χ1n) is 4.98. The Labute approximate surface area is 106 Å². The molecule has 0 fully saturated rings. The summed E-state index contributed by atoms with van der Waals surface area (Å²) in [6, 6.07) is 17.2. The number of Topliss-reactive ketones (excluding diaryl/α,β-unsaturated/α-hetero) is 2. The van der Waals surface area contributed by atoms with Crippen LogP contribution in [0, 0.1) is 0 Å². The van der Waals surface area contributed by atoms with Gasteiger partial charge in [-0.1, -0.05) is 60.7 Å². The second-order valence-corrected chi connectivity index (χ2v) is 3.39. The van der Waals surface area contributed by atoms with Gasteiger partial charge in [-0.3, -0.25) is 9.59 Å². The van der Waals surface area contributed by atoms with Gasteiger partial charge in [0.2, 0.25) is 11.6 Å². The molecule has 0 saturated carbocycles. The molecule has 0 unspecified atom stereocenters. The van der Waals surface area contributed by atoms with Crippen LogP contribution < -0.4 is 12.4 Å². The lowest BCUT2D eigenvalue weighted by Gasteiger charge is -1.99. The highest BCUT2D eigenvalue weighted by molar-refractivity contribution is 6.49. The molecule has 0 aliphatic carbocycles. The highest BCUT2D eigenvalue weighted by atomic mass is 35.5. The fourth-order valence-electron chi connectivity index (χ4n) is 1.44. The topological polar surface area (TPSA) is 34.1 Å². The van der Waals surface area contributed by atoms with Crippen LogP contribution in [0.25, 0.3) is 0 Å². The molecular weight excluding hydrogens is 236 g/mol.